The molecule has 3 heterocycles. The van der Waals surface area contributed by atoms with E-state index in [0.717, 1.165) is 10.2 Å². The fourth-order valence-corrected chi connectivity index (χ4v) is 2.17. The van der Waals surface area contributed by atoms with Crippen LogP contribution in [0, 0.1) is 0 Å². The van der Waals surface area contributed by atoms with Crippen LogP contribution in [0.25, 0.3) is 11.3 Å². The van der Waals surface area contributed by atoms with Gasteiger partial charge in [0.05, 0.1) is 17.6 Å². The van der Waals surface area contributed by atoms with Gasteiger partial charge >= 0.3 is 0 Å². The Morgan fingerprint density at radius 1 is 1.08 bits per heavy atom. The maximum atomic E-state index is 12.4. The predicted octanol–water partition coefficient (Wildman–Crippen LogP) is 1.90. The Labute approximate surface area is 138 Å². The van der Waals surface area contributed by atoms with Gasteiger partial charge in [-0.2, -0.15) is 5.10 Å². The molecule has 0 aliphatic rings. The van der Waals surface area contributed by atoms with Crippen molar-refractivity contribution in [2.75, 3.05) is 5.32 Å². The van der Waals surface area contributed by atoms with Crippen LogP contribution in [0.1, 0.15) is 13.0 Å². The van der Waals surface area contributed by atoms with Gasteiger partial charge in [0, 0.05) is 30.2 Å². The minimum absolute atomic E-state index is 0.346. The monoisotopic (exact) mass is 321 g/mol. The quantitative estimate of drug-likeness (QED) is 0.792. The highest BCUT2D eigenvalue weighted by Gasteiger charge is 2.18. The van der Waals surface area contributed by atoms with Crippen LogP contribution in [0.2, 0.25) is 0 Å². The smallest absolute Gasteiger partial charge is 0.267 e. The molecule has 1 N–H and O–H groups in total. The Bertz CT molecular complexity index is 894. The Hall–Kier alpha value is -3.35. The van der Waals surface area contributed by atoms with Gasteiger partial charge in [0.25, 0.3) is 5.56 Å². The summed E-state index contributed by atoms with van der Waals surface area (Å²) < 4.78 is 1.16. The molecular weight excluding hydrogens is 306 g/mol. The van der Waals surface area contributed by atoms with Gasteiger partial charge in [-0.15, -0.1) is 0 Å². The van der Waals surface area contributed by atoms with Crippen molar-refractivity contribution in [2.45, 2.75) is 13.0 Å². The van der Waals surface area contributed by atoms with Crippen LogP contribution < -0.4 is 10.9 Å². The third-order valence-electron chi connectivity index (χ3n) is 3.46. The lowest BCUT2D eigenvalue weighted by molar-refractivity contribution is -0.119. The molecule has 1 unspecified atom stereocenters. The average Bonchev–Trinajstić information content (AvgIpc) is 2.63. The van der Waals surface area contributed by atoms with Crippen molar-refractivity contribution in [3.8, 4) is 11.3 Å². The summed E-state index contributed by atoms with van der Waals surface area (Å²) >= 11 is 0. The maximum absolute atomic E-state index is 12.4. The third-order valence-corrected chi connectivity index (χ3v) is 3.46. The molecule has 0 bridgehead atoms. The number of amides is 1. The minimum atomic E-state index is -0.769. The second-order valence-electron chi connectivity index (χ2n) is 5.15. The van der Waals surface area contributed by atoms with Crippen molar-refractivity contribution >= 4 is 11.6 Å². The Morgan fingerprint density at radius 3 is 2.50 bits per heavy atom. The van der Waals surface area contributed by atoms with E-state index in [0.29, 0.717) is 11.4 Å². The number of pyridine rings is 2. The zero-order valence-electron chi connectivity index (χ0n) is 13.0. The lowest BCUT2D eigenvalue weighted by atomic mass is 10.2. The predicted molar refractivity (Wildman–Crippen MR) is 89.3 cm³/mol. The van der Waals surface area contributed by atoms with Gasteiger partial charge in [0.2, 0.25) is 5.91 Å². The number of nitrogens with zero attached hydrogens (tertiary/aromatic N) is 4. The van der Waals surface area contributed by atoms with E-state index < -0.39 is 6.04 Å². The SMILES string of the molecule is CC(C(=O)Nc1cccnc1)n1nc(-c2cccnc2)ccc1=O. The average molecular weight is 321 g/mol. The zero-order valence-corrected chi connectivity index (χ0v) is 13.0. The van der Waals surface area contributed by atoms with Crippen molar-refractivity contribution in [1.29, 1.82) is 0 Å². The van der Waals surface area contributed by atoms with E-state index in [1.54, 1.807) is 49.8 Å². The Kier molecular flexibility index (Phi) is 4.42. The highest BCUT2D eigenvalue weighted by molar-refractivity contribution is 5.93. The summed E-state index contributed by atoms with van der Waals surface area (Å²) in [6.45, 7) is 1.62. The van der Waals surface area contributed by atoms with Gasteiger partial charge in [0.1, 0.15) is 6.04 Å². The molecule has 0 radical (unpaired) electrons. The van der Waals surface area contributed by atoms with E-state index in [2.05, 4.69) is 20.4 Å². The second-order valence-corrected chi connectivity index (χ2v) is 5.15. The number of nitrogens with one attached hydrogen (secondary N) is 1. The number of hydrogen-bond acceptors (Lipinski definition) is 5. The first-order chi connectivity index (χ1) is 11.6. The van der Waals surface area contributed by atoms with E-state index in [1.165, 1.54) is 12.3 Å². The van der Waals surface area contributed by atoms with Gasteiger partial charge in [-0.3, -0.25) is 19.6 Å². The van der Waals surface area contributed by atoms with Crippen molar-refractivity contribution in [3.05, 3.63) is 71.5 Å². The number of aromatic nitrogens is 4. The summed E-state index contributed by atoms with van der Waals surface area (Å²) in [5.74, 6) is -0.346. The summed E-state index contributed by atoms with van der Waals surface area (Å²) in [6.07, 6.45) is 6.45. The van der Waals surface area contributed by atoms with Gasteiger partial charge in [-0.1, -0.05) is 0 Å². The summed E-state index contributed by atoms with van der Waals surface area (Å²) in [6, 6.07) is 9.29. The van der Waals surface area contributed by atoms with Gasteiger partial charge in [-0.25, -0.2) is 4.68 Å². The minimum Gasteiger partial charge on any atom is -0.323 e. The van der Waals surface area contributed by atoms with Crippen LogP contribution in [0.4, 0.5) is 5.69 Å². The Balaban J connectivity index is 1.88. The van der Waals surface area contributed by atoms with E-state index in [-0.39, 0.29) is 11.5 Å². The molecule has 1 atom stereocenters. The molecule has 3 rings (SSSR count). The number of hydrogen-bond donors (Lipinski definition) is 1. The van der Waals surface area contributed by atoms with Crippen LogP contribution in [0.5, 0.6) is 0 Å². The molecule has 3 aromatic heterocycles. The molecule has 120 valence electrons. The molecule has 0 saturated heterocycles. The number of rotatable bonds is 4. The molecule has 7 nitrogen and oxygen atoms in total. The molecule has 1 amide bonds. The zero-order chi connectivity index (χ0) is 16.9. The fourth-order valence-electron chi connectivity index (χ4n) is 2.17. The van der Waals surface area contributed by atoms with Crippen LogP contribution >= 0.6 is 0 Å². The molecule has 0 aromatic carbocycles. The van der Waals surface area contributed by atoms with Crippen molar-refractivity contribution in [2.24, 2.45) is 0 Å². The van der Waals surface area contributed by atoms with Gasteiger partial charge < -0.3 is 5.32 Å². The molecule has 24 heavy (non-hydrogen) atoms. The van der Waals surface area contributed by atoms with E-state index >= 15 is 0 Å². The third kappa shape index (κ3) is 3.35. The van der Waals surface area contributed by atoms with E-state index in [4.69, 9.17) is 0 Å². The first kappa shape index (κ1) is 15.5. The van der Waals surface area contributed by atoms with Crippen LogP contribution in [-0.4, -0.2) is 25.7 Å². The summed E-state index contributed by atoms with van der Waals surface area (Å²) in [5.41, 5.74) is 1.55. The molecule has 0 aliphatic heterocycles. The molecule has 0 spiro atoms. The highest BCUT2D eigenvalue weighted by Crippen LogP contribution is 2.15. The van der Waals surface area contributed by atoms with E-state index in [9.17, 15) is 9.59 Å². The molecular formula is C17H15N5O2. The number of anilines is 1. The summed E-state index contributed by atoms with van der Waals surface area (Å²) in [4.78, 5) is 32.4. The van der Waals surface area contributed by atoms with Crippen LogP contribution in [0.3, 0.4) is 0 Å². The maximum Gasteiger partial charge on any atom is 0.267 e. The van der Waals surface area contributed by atoms with Gasteiger partial charge in [0.15, 0.2) is 0 Å². The first-order valence-corrected chi connectivity index (χ1v) is 7.36. The first-order valence-electron chi connectivity index (χ1n) is 7.36. The molecule has 7 heteroatoms. The van der Waals surface area contributed by atoms with Crippen LogP contribution in [-0.2, 0) is 4.79 Å². The van der Waals surface area contributed by atoms with Gasteiger partial charge in [-0.05, 0) is 37.3 Å². The lowest BCUT2D eigenvalue weighted by Crippen LogP contribution is -2.33. The van der Waals surface area contributed by atoms with Crippen molar-refractivity contribution < 1.29 is 4.79 Å². The lowest BCUT2D eigenvalue weighted by Gasteiger charge is -2.14. The second kappa shape index (κ2) is 6.82. The number of carbonyl (C=O) groups excluding carboxylic acids is 1. The topological polar surface area (TPSA) is 89.8 Å². The Morgan fingerprint density at radius 2 is 1.83 bits per heavy atom. The standard InChI is InChI=1S/C17H15N5O2/c1-12(17(24)20-14-5-3-9-19-11-14)22-16(23)7-6-15(21-22)13-4-2-8-18-10-13/h2-12H,1H3,(H,20,24). The summed E-state index contributed by atoms with van der Waals surface area (Å²) in [7, 11) is 0. The molecule has 3 aromatic rings. The largest absolute Gasteiger partial charge is 0.323 e. The fraction of sp³-hybridized carbons (Fsp3) is 0.118. The molecule has 0 fully saturated rings. The van der Waals surface area contributed by atoms with Crippen molar-refractivity contribution in [3.63, 3.8) is 0 Å². The summed E-state index contributed by atoms with van der Waals surface area (Å²) in [5, 5.41) is 7.01. The molecule has 0 saturated carbocycles. The van der Waals surface area contributed by atoms with E-state index in [1.807, 2.05) is 6.07 Å². The highest BCUT2D eigenvalue weighted by atomic mass is 16.2. The van der Waals surface area contributed by atoms with Crippen molar-refractivity contribution in [1.82, 2.24) is 19.7 Å². The molecule has 0 aliphatic carbocycles. The number of carbonyl (C=O) groups is 1. The van der Waals surface area contributed by atoms with Crippen LogP contribution in [0.15, 0.2) is 66.0 Å². The normalized spacial score (nSPS) is 11.7.